The highest BCUT2D eigenvalue weighted by atomic mass is 16.5. The summed E-state index contributed by atoms with van der Waals surface area (Å²) in [6.07, 6.45) is 2.69. The van der Waals surface area contributed by atoms with E-state index < -0.39 is 0 Å². The van der Waals surface area contributed by atoms with E-state index in [1.807, 2.05) is 58.2 Å². The molecule has 3 aromatic rings. The molecule has 0 bridgehead atoms. The molecule has 0 radical (unpaired) electrons. The van der Waals surface area contributed by atoms with Crippen LogP contribution in [-0.4, -0.2) is 48.2 Å². The van der Waals surface area contributed by atoms with Crippen LogP contribution in [0.25, 0.3) is 11.1 Å². The average Bonchev–Trinajstić information content (AvgIpc) is 3.38. The number of aromatic nitrogens is 2. The SMILES string of the molecule is CC.Cc1cc(C)c(CNC(=O)c2cc3c(c(-c4ccc(N5CCNCC5)nc4)c2)OC(C(C)C)C3)c(=O)[nH]1. The number of rotatable bonds is 6. The zero-order chi connectivity index (χ0) is 28.1. The van der Waals surface area contributed by atoms with Crippen LogP contribution in [-0.2, 0) is 13.0 Å². The van der Waals surface area contributed by atoms with Crippen molar-refractivity contribution in [3.63, 3.8) is 0 Å². The fourth-order valence-electron chi connectivity index (χ4n) is 5.11. The van der Waals surface area contributed by atoms with Crippen molar-refractivity contribution in [3.8, 4) is 16.9 Å². The zero-order valence-corrected chi connectivity index (χ0v) is 24.0. The third kappa shape index (κ3) is 6.33. The van der Waals surface area contributed by atoms with Crippen LogP contribution >= 0.6 is 0 Å². The van der Waals surface area contributed by atoms with Crippen LogP contribution in [0.5, 0.6) is 5.75 Å². The van der Waals surface area contributed by atoms with Crippen molar-refractivity contribution >= 4 is 11.7 Å². The Bertz CT molecular complexity index is 1360. The van der Waals surface area contributed by atoms with Crippen molar-refractivity contribution in [2.45, 2.75) is 60.6 Å². The molecule has 0 aliphatic carbocycles. The van der Waals surface area contributed by atoms with E-state index in [0.29, 0.717) is 17.0 Å². The Morgan fingerprint density at radius 2 is 1.90 bits per heavy atom. The van der Waals surface area contributed by atoms with Crippen LogP contribution in [0.1, 0.15) is 60.4 Å². The highest BCUT2D eigenvalue weighted by molar-refractivity contribution is 5.96. The van der Waals surface area contributed by atoms with E-state index in [1.165, 1.54) is 0 Å². The molecule has 2 aliphatic rings. The van der Waals surface area contributed by atoms with Crippen LogP contribution in [0.15, 0.2) is 41.3 Å². The summed E-state index contributed by atoms with van der Waals surface area (Å²) in [4.78, 5) is 35.5. The Labute approximate surface area is 231 Å². The van der Waals surface area contributed by atoms with Gasteiger partial charge in [-0.15, -0.1) is 0 Å². The number of benzene rings is 1. The number of anilines is 1. The van der Waals surface area contributed by atoms with E-state index in [9.17, 15) is 9.59 Å². The number of aromatic amines is 1. The topological polar surface area (TPSA) is 99.3 Å². The Morgan fingerprint density at radius 3 is 2.54 bits per heavy atom. The lowest BCUT2D eigenvalue weighted by molar-refractivity contribution is 0.0950. The predicted octanol–water partition coefficient (Wildman–Crippen LogP) is 4.38. The Morgan fingerprint density at radius 1 is 1.15 bits per heavy atom. The van der Waals surface area contributed by atoms with Crippen molar-refractivity contribution in [1.82, 2.24) is 20.6 Å². The number of nitrogens with zero attached hydrogens (tertiary/aromatic N) is 2. The van der Waals surface area contributed by atoms with Crippen LogP contribution < -0.4 is 25.8 Å². The van der Waals surface area contributed by atoms with Gasteiger partial charge in [0.15, 0.2) is 0 Å². The molecule has 39 heavy (non-hydrogen) atoms. The molecule has 8 nitrogen and oxygen atoms in total. The molecule has 8 heteroatoms. The summed E-state index contributed by atoms with van der Waals surface area (Å²) >= 11 is 0. The number of ether oxygens (including phenoxy) is 1. The van der Waals surface area contributed by atoms with E-state index in [-0.39, 0.29) is 24.1 Å². The quantitative estimate of drug-likeness (QED) is 0.437. The minimum atomic E-state index is -0.221. The van der Waals surface area contributed by atoms with Crippen molar-refractivity contribution in [2.75, 3.05) is 31.1 Å². The molecule has 1 saturated heterocycles. The first-order valence-corrected chi connectivity index (χ1v) is 14.0. The Balaban J connectivity index is 0.00000172. The number of hydrogen-bond donors (Lipinski definition) is 3. The average molecular weight is 532 g/mol. The van der Waals surface area contributed by atoms with Gasteiger partial charge in [-0.05, 0) is 61.2 Å². The molecule has 2 aromatic heterocycles. The molecule has 5 rings (SSSR count). The molecule has 0 saturated carbocycles. The summed E-state index contributed by atoms with van der Waals surface area (Å²) in [6.45, 7) is 16.0. The van der Waals surface area contributed by atoms with E-state index in [4.69, 9.17) is 9.72 Å². The molecule has 2 aliphatic heterocycles. The molecular formula is C31H41N5O3. The normalized spacial score (nSPS) is 16.3. The molecule has 0 spiro atoms. The Kier molecular flexibility index (Phi) is 9.07. The van der Waals surface area contributed by atoms with Gasteiger partial charge in [0.05, 0.1) is 0 Å². The van der Waals surface area contributed by atoms with Gasteiger partial charge in [0.1, 0.15) is 17.7 Å². The van der Waals surface area contributed by atoms with Crippen LogP contribution in [0.3, 0.4) is 0 Å². The standard InChI is InChI=1S/C29H35N5O3.C2H6/c1-17(2)25-14-21-12-22(28(35)32-16-24-18(3)11-19(4)33-29(24)36)13-23(27(21)37-25)20-5-6-26(31-15-20)34-9-7-30-8-10-34;1-2/h5-6,11-13,15,17,25,30H,7-10,14,16H2,1-4H3,(H,32,35)(H,33,36);1-2H3. The highest BCUT2D eigenvalue weighted by Gasteiger charge is 2.30. The molecule has 1 aromatic carbocycles. The maximum absolute atomic E-state index is 13.3. The summed E-state index contributed by atoms with van der Waals surface area (Å²) in [7, 11) is 0. The van der Waals surface area contributed by atoms with Crippen molar-refractivity contribution < 1.29 is 9.53 Å². The fraction of sp³-hybridized carbons (Fsp3) is 0.452. The number of nitrogens with one attached hydrogen (secondary N) is 3. The molecule has 3 N–H and O–H groups in total. The highest BCUT2D eigenvalue weighted by Crippen LogP contribution is 2.41. The summed E-state index contributed by atoms with van der Waals surface area (Å²) in [5.41, 5.74) is 5.42. The number of amides is 1. The van der Waals surface area contributed by atoms with Gasteiger partial charge in [-0.25, -0.2) is 4.98 Å². The number of piperazine rings is 1. The number of aryl methyl sites for hydroxylation is 2. The number of H-pyrrole nitrogens is 1. The maximum Gasteiger partial charge on any atom is 0.253 e. The third-order valence-electron chi connectivity index (χ3n) is 7.28. The summed E-state index contributed by atoms with van der Waals surface area (Å²) in [5.74, 6) is 1.91. The molecule has 1 unspecified atom stereocenters. The van der Waals surface area contributed by atoms with Gasteiger partial charge in [0, 0.05) is 73.3 Å². The molecule has 4 heterocycles. The first-order valence-electron chi connectivity index (χ1n) is 14.0. The summed E-state index contributed by atoms with van der Waals surface area (Å²) in [6, 6.07) is 9.82. The van der Waals surface area contributed by atoms with Gasteiger partial charge in [0.25, 0.3) is 11.5 Å². The predicted molar refractivity (Wildman–Crippen MR) is 157 cm³/mol. The van der Waals surface area contributed by atoms with Gasteiger partial charge in [-0.3, -0.25) is 9.59 Å². The Hall–Kier alpha value is -3.65. The lowest BCUT2D eigenvalue weighted by atomic mass is 9.96. The van der Waals surface area contributed by atoms with Crippen LogP contribution in [0.4, 0.5) is 5.82 Å². The minimum Gasteiger partial charge on any atom is -0.489 e. The molecule has 208 valence electrons. The summed E-state index contributed by atoms with van der Waals surface area (Å²) < 4.78 is 6.38. The zero-order valence-electron chi connectivity index (χ0n) is 24.0. The first-order chi connectivity index (χ1) is 18.8. The molecule has 1 fully saturated rings. The second-order valence-corrected chi connectivity index (χ2v) is 10.4. The van der Waals surface area contributed by atoms with Gasteiger partial charge in [0.2, 0.25) is 0 Å². The molecule has 1 amide bonds. The molecular weight excluding hydrogens is 490 g/mol. The van der Waals surface area contributed by atoms with E-state index >= 15 is 0 Å². The monoisotopic (exact) mass is 531 g/mol. The second kappa shape index (κ2) is 12.5. The van der Waals surface area contributed by atoms with Gasteiger partial charge >= 0.3 is 0 Å². The lowest BCUT2D eigenvalue weighted by Crippen LogP contribution is -2.43. The van der Waals surface area contributed by atoms with E-state index in [0.717, 1.165) is 72.1 Å². The number of pyridine rings is 2. The first kappa shape index (κ1) is 28.4. The fourth-order valence-corrected chi connectivity index (χ4v) is 5.11. The minimum absolute atomic E-state index is 0.0638. The van der Waals surface area contributed by atoms with Crippen LogP contribution in [0, 0.1) is 19.8 Å². The number of hydrogen-bond acceptors (Lipinski definition) is 6. The van der Waals surface area contributed by atoms with Gasteiger partial charge in [-0.1, -0.05) is 27.7 Å². The summed E-state index contributed by atoms with van der Waals surface area (Å²) in [5, 5.41) is 6.31. The maximum atomic E-state index is 13.3. The largest absolute Gasteiger partial charge is 0.489 e. The van der Waals surface area contributed by atoms with Crippen LogP contribution in [0.2, 0.25) is 0 Å². The van der Waals surface area contributed by atoms with E-state index in [1.54, 1.807) is 0 Å². The van der Waals surface area contributed by atoms with Crippen molar-refractivity contribution in [3.05, 3.63) is 74.8 Å². The number of carbonyl (C=O) groups is 1. The lowest BCUT2D eigenvalue weighted by Gasteiger charge is -2.28. The second-order valence-electron chi connectivity index (χ2n) is 10.4. The number of fused-ring (bicyclic) bond motifs is 1. The molecule has 1 atom stereocenters. The van der Waals surface area contributed by atoms with E-state index in [2.05, 4.69) is 40.4 Å². The smallest absolute Gasteiger partial charge is 0.253 e. The third-order valence-corrected chi connectivity index (χ3v) is 7.28. The van der Waals surface area contributed by atoms with Gasteiger partial charge in [-0.2, -0.15) is 0 Å². The van der Waals surface area contributed by atoms with Crippen molar-refractivity contribution in [1.29, 1.82) is 0 Å². The van der Waals surface area contributed by atoms with Crippen molar-refractivity contribution in [2.24, 2.45) is 5.92 Å². The number of carbonyl (C=O) groups excluding carboxylic acids is 1. The van der Waals surface area contributed by atoms with Gasteiger partial charge < -0.3 is 25.3 Å².